The summed E-state index contributed by atoms with van der Waals surface area (Å²) in [6.45, 7) is 6.81. The highest BCUT2D eigenvalue weighted by Crippen LogP contribution is 2.39. The normalized spacial score (nSPS) is 26.5. The molecule has 7 heteroatoms. The second kappa shape index (κ2) is 8.68. The van der Waals surface area contributed by atoms with E-state index in [1.54, 1.807) is 23.1 Å². The van der Waals surface area contributed by atoms with E-state index in [-0.39, 0.29) is 5.91 Å². The lowest BCUT2D eigenvalue weighted by Gasteiger charge is -2.44. The Hall–Kier alpha value is -1.54. The van der Waals surface area contributed by atoms with Crippen LogP contribution in [0.4, 0.5) is 5.69 Å². The van der Waals surface area contributed by atoms with E-state index in [9.17, 15) is 4.79 Å². The van der Waals surface area contributed by atoms with Crippen molar-refractivity contribution in [2.75, 3.05) is 50.8 Å². The van der Waals surface area contributed by atoms with Crippen LogP contribution in [0.2, 0.25) is 0 Å². The number of hydrogen-bond donors (Lipinski definition) is 1. The second-order valence-corrected chi connectivity index (χ2v) is 10.4. The Kier molecular flexibility index (Phi) is 5.81. The van der Waals surface area contributed by atoms with Crippen molar-refractivity contribution in [1.82, 2.24) is 10.2 Å². The Labute approximate surface area is 180 Å². The van der Waals surface area contributed by atoms with E-state index in [0.717, 1.165) is 41.9 Å². The first-order valence-electron chi connectivity index (χ1n) is 10.5. The maximum Gasteiger partial charge on any atom is 0.261 e. The molecule has 6 rings (SSSR count). The van der Waals surface area contributed by atoms with Crippen molar-refractivity contribution in [3.8, 4) is 0 Å². The number of piperidine rings is 3. The summed E-state index contributed by atoms with van der Waals surface area (Å²) in [4.78, 5) is 19.7. The molecule has 0 saturated carbocycles. The summed E-state index contributed by atoms with van der Waals surface area (Å²) in [6, 6.07) is 12.9. The number of ether oxygens (including phenoxy) is 1. The zero-order valence-electron chi connectivity index (χ0n) is 16.5. The monoisotopic (exact) mass is 429 g/mol. The minimum atomic E-state index is 0.0852. The van der Waals surface area contributed by atoms with Crippen LogP contribution in [-0.2, 0) is 4.74 Å². The third-order valence-electron chi connectivity index (χ3n) is 6.21. The lowest BCUT2D eigenvalue weighted by Crippen LogP contribution is -2.57. The molecule has 0 unspecified atom stereocenters. The van der Waals surface area contributed by atoms with Crippen LogP contribution in [0.1, 0.15) is 22.5 Å². The van der Waals surface area contributed by atoms with E-state index in [1.807, 2.05) is 6.07 Å². The van der Waals surface area contributed by atoms with Crippen LogP contribution in [0.3, 0.4) is 0 Å². The summed E-state index contributed by atoms with van der Waals surface area (Å²) in [5.74, 6) is 0.736. The number of benzene rings is 1. The fourth-order valence-corrected chi connectivity index (χ4v) is 6.73. The number of fused-ring (bicyclic) bond motifs is 3. The summed E-state index contributed by atoms with van der Waals surface area (Å²) in [5, 5.41) is 3.31. The van der Waals surface area contributed by atoms with Crippen molar-refractivity contribution in [3.05, 3.63) is 41.3 Å². The van der Waals surface area contributed by atoms with Gasteiger partial charge in [0.25, 0.3) is 5.91 Å². The van der Waals surface area contributed by atoms with Gasteiger partial charge in [0.15, 0.2) is 0 Å². The van der Waals surface area contributed by atoms with Crippen LogP contribution < -0.4 is 10.2 Å². The van der Waals surface area contributed by atoms with Crippen LogP contribution in [0.15, 0.2) is 45.5 Å². The van der Waals surface area contributed by atoms with Crippen molar-refractivity contribution >= 4 is 34.7 Å². The number of para-hydroxylation sites is 1. The highest BCUT2D eigenvalue weighted by Gasteiger charge is 2.35. The van der Waals surface area contributed by atoms with Crippen molar-refractivity contribution in [2.24, 2.45) is 5.92 Å². The van der Waals surface area contributed by atoms with Crippen molar-refractivity contribution in [2.45, 2.75) is 28.0 Å². The molecular weight excluding hydrogens is 402 g/mol. The molecule has 0 radical (unpaired) electrons. The lowest BCUT2D eigenvalue weighted by atomic mass is 9.84. The molecule has 0 spiro atoms. The van der Waals surface area contributed by atoms with Crippen LogP contribution in [0, 0.1) is 5.92 Å². The molecule has 1 amide bonds. The quantitative estimate of drug-likeness (QED) is 0.787. The first-order valence-corrected chi connectivity index (χ1v) is 12.1. The number of nitrogens with zero attached hydrogens (tertiary/aromatic N) is 2. The van der Waals surface area contributed by atoms with Crippen LogP contribution in [0.5, 0.6) is 0 Å². The minimum Gasteiger partial charge on any atom is -0.378 e. The third kappa shape index (κ3) is 4.33. The van der Waals surface area contributed by atoms with Gasteiger partial charge in [-0.25, -0.2) is 0 Å². The first kappa shape index (κ1) is 19.4. The number of carbonyl (C=O) groups is 1. The van der Waals surface area contributed by atoms with Gasteiger partial charge in [-0.05, 0) is 56.1 Å². The Morgan fingerprint density at radius 2 is 1.86 bits per heavy atom. The largest absolute Gasteiger partial charge is 0.378 e. The van der Waals surface area contributed by atoms with Gasteiger partial charge in [-0.15, -0.1) is 11.3 Å². The molecule has 1 aromatic heterocycles. The molecule has 0 aliphatic carbocycles. The number of carbonyl (C=O) groups excluding carboxylic acids is 1. The van der Waals surface area contributed by atoms with Gasteiger partial charge in [0.1, 0.15) is 0 Å². The van der Waals surface area contributed by atoms with E-state index in [1.165, 1.54) is 36.5 Å². The summed E-state index contributed by atoms with van der Waals surface area (Å²) in [5.41, 5.74) is 1.26. The molecule has 2 aromatic rings. The number of morpholine rings is 1. The van der Waals surface area contributed by atoms with Gasteiger partial charge in [0, 0.05) is 30.6 Å². The maximum atomic E-state index is 12.8. The Morgan fingerprint density at radius 1 is 1.07 bits per heavy atom. The number of anilines is 1. The molecule has 1 aromatic carbocycles. The highest BCUT2D eigenvalue weighted by molar-refractivity contribution is 8.01. The molecule has 5 nitrogen and oxygen atoms in total. The summed E-state index contributed by atoms with van der Waals surface area (Å²) >= 11 is 3.35. The molecule has 1 atom stereocenters. The molecule has 2 bridgehead atoms. The topological polar surface area (TPSA) is 44.8 Å². The number of amides is 1. The Morgan fingerprint density at radius 3 is 2.62 bits per heavy atom. The predicted molar refractivity (Wildman–Crippen MR) is 118 cm³/mol. The zero-order chi connectivity index (χ0) is 19.6. The molecule has 4 aliphatic rings. The van der Waals surface area contributed by atoms with E-state index in [0.29, 0.717) is 12.0 Å². The van der Waals surface area contributed by atoms with Gasteiger partial charge in [0.05, 0.1) is 28.0 Å². The van der Waals surface area contributed by atoms with Gasteiger partial charge < -0.3 is 19.9 Å². The van der Waals surface area contributed by atoms with Crippen LogP contribution in [-0.4, -0.2) is 62.8 Å². The maximum absolute atomic E-state index is 12.8. The van der Waals surface area contributed by atoms with Gasteiger partial charge in [-0.1, -0.05) is 23.9 Å². The van der Waals surface area contributed by atoms with E-state index >= 15 is 0 Å². The molecule has 154 valence electrons. The molecule has 5 heterocycles. The highest BCUT2D eigenvalue weighted by atomic mass is 32.2. The lowest BCUT2D eigenvalue weighted by molar-refractivity contribution is 0.0622. The van der Waals surface area contributed by atoms with Crippen molar-refractivity contribution in [3.63, 3.8) is 0 Å². The van der Waals surface area contributed by atoms with E-state index in [4.69, 9.17) is 4.74 Å². The van der Waals surface area contributed by atoms with Gasteiger partial charge in [-0.3, -0.25) is 4.79 Å². The molecule has 4 saturated heterocycles. The number of hydrogen-bond acceptors (Lipinski definition) is 6. The number of thiophene rings is 1. The zero-order valence-corrected chi connectivity index (χ0v) is 18.1. The standard InChI is InChI=1S/C22H27N3O2S2/c26-22(23-17-15-24-9-7-16(17)8-10-24)20-5-6-21(29-20)28-19-4-2-1-3-18(19)25-11-13-27-14-12-25/h1-6,16-17H,7-15H2,(H,23,26)/t17-/m0/s1. The van der Waals surface area contributed by atoms with Gasteiger partial charge in [-0.2, -0.15) is 0 Å². The summed E-state index contributed by atoms with van der Waals surface area (Å²) < 4.78 is 6.65. The average Bonchev–Trinajstić information content (AvgIpc) is 3.24. The molecule has 1 N–H and O–H groups in total. The number of rotatable bonds is 5. The molecule has 4 fully saturated rings. The second-order valence-electron chi connectivity index (χ2n) is 8.01. The van der Waals surface area contributed by atoms with Gasteiger partial charge >= 0.3 is 0 Å². The Bertz CT molecular complexity index is 857. The number of nitrogens with one attached hydrogen (secondary N) is 1. The smallest absolute Gasteiger partial charge is 0.261 e. The van der Waals surface area contributed by atoms with Crippen molar-refractivity contribution in [1.29, 1.82) is 0 Å². The van der Waals surface area contributed by atoms with Crippen LogP contribution in [0.25, 0.3) is 0 Å². The SMILES string of the molecule is O=C(N[C@H]1CN2CCC1CC2)c1ccc(Sc2ccccc2N2CCOCC2)s1. The molecule has 4 aliphatic heterocycles. The van der Waals surface area contributed by atoms with Crippen LogP contribution >= 0.6 is 23.1 Å². The molecular formula is C22H27N3O2S2. The Balaban J connectivity index is 1.25. The van der Waals surface area contributed by atoms with E-state index in [2.05, 4.69) is 45.4 Å². The fraction of sp³-hybridized carbons (Fsp3) is 0.500. The van der Waals surface area contributed by atoms with Crippen molar-refractivity contribution < 1.29 is 9.53 Å². The first-order chi connectivity index (χ1) is 14.3. The predicted octanol–water partition coefficient (Wildman–Crippen LogP) is 3.56. The average molecular weight is 430 g/mol. The fourth-order valence-electron chi connectivity index (χ4n) is 4.58. The minimum absolute atomic E-state index is 0.0852. The molecule has 29 heavy (non-hydrogen) atoms. The van der Waals surface area contributed by atoms with Gasteiger partial charge in [0.2, 0.25) is 0 Å². The summed E-state index contributed by atoms with van der Waals surface area (Å²) in [6.07, 6.45) is 2.43. The summed E-state index contributed by atoms with van der Waals surface area (Å²) in [7, 11) is 0. The van der Waals surface area contributed by atoms with E-state index < -0.39 is 0 Å². The third-order valence-corrected chi connectivity index (χ3v) is 8.49.